The number of piperidine rings is 1. The zero-order valence-electron chi connectivity index (χ0n) is 18.2. The molecule has 164 valence electrons. The second kappa shape index (κ2) is 10.3. The molecular formula is C25H36N2O3. The van der Waals surface area contributed by atoms with Crippen molar-refractivity contribution in [3.63, 3.8) is 0 Å². The van der Waals surface area contributed by atoms with E-state index in [4.69, 9.17) is 4.74 Å². The number of carbonyl (C=O) groups excluding carboxylic acids is 2. The van der Waals surface area contributed by atoms with Gasteiger partial charge >= 0.3 is 0 Å². The van der Waals surface area contributed by atoms with Crippen molar-refractivity contribution in [1.29, 1.82) is 0 Å². The van der Waals surface area contributed by atoms with E-state index in [0.29, 0.717) is 29.9 Å². The Morgan fingerprint density at radius 3 is 2.40 bits per heavy atom. The van der Waals surface area contributed by atoms with Crippen LogP contribution in [0.3, 0.4) is 0 Å². The fraction of sp³-hybridized carbons (Fsp3) is 0.680. The van der Waals surface area contributed by atoms with Gasteiger partial charge in [0.25, 0.3) is 5.91 Å². The molecule has 5 heteroatoms. The van der Waals surface area contributed by atoms with Crippen LogP contribution in [0.4, 0.5) is 0 Å². The lowest BCUT2D eigenvalue weighted by Gasteiger charge is -2.34. The van der Waals surface area contributed by atoms with Gasteiger partial charge in [-0.15, -0.1) is 0 Å². The second-order valence-electron chi connectivity index (χ2n) is 9.39. The van der Waals surface area contributed by atoms with Gasteiger partial charge in [-0.1, -0.05) is 25.3 Å². The summed E-state index contributed by atoms with van der Waals surface area (Å²) in [7, 11) is 0. The SMILES string of the molecule is O=C(CC1CCCCC1)N1CCCC(COc2cccc(C(=O)N3CCCC3)c2)C1. The molecule has 4 rings (SSSR count). The molecule has 1 aliphatic carbocycles. The predicted octanol–water partition coefficient (Wildman–Crippen LogP) is 4.51. The summed E-state index contributed by atoms with van der Waals surface area (Å²) in [6, 6.07) is 7.57. The number of ether oxygens (including phenoxy) is 1. The smallest absolute Gasteiger partial charge is 0.253 e. The number of likely N-dealkylation sites (tertiary alicyclic amines) is 2. The summed E-state index contributed by atoms with van der Waals surface area (Å²) in [6.07, 6.45) is 11.4. The first-order chi connectivity index (χ1) is 14.7. The number of nitrogens with zero attached hydrogens (tertiary/aromatic N) is 2. The highest BCUT2D eigenvalue weighted by Gasteiger charge is 2.27. The van der Waals surface area contributed by atoms with Gasteiger partial charge in [0.05, 0.1) is 6.61 Å². The maximum absolute atomic E-state index is 12.8. The molecule has 2 saturated heterocycles. The Bertz CT molecular complexity index is 723. The van der Waals surface area contributed by atoms with Gasteiger partial charge in [0.15, 0.2) is 0 Å². The Kier molecular flexibility index (Phi) is 7.29. The average Bonchev–Trinajstić information content (AvgIpc) is 3.33. The van der Waals surface area contributed by atoms with Crippen LogP contribution in [0.2, 0.25) is 0 Å². The Hall–Kier alpha value is -2.04. The average molecular weight is 413 g/mol. The fourth-order valence-corrected chi connectivity index (χ4v) is 5.23. The Balaban J connectivity index is 1.26. The van der Waals surface area contributed by atoms with Crippen molar-refractivity contribution >= 4 is 11.8 Å². The third kappa shape index (κ3) is 5.55. The first kappa shape index (κ1) is 21.2. The summed E-state index contributed by atoms with van der Waals surface area (Å²) in [5.41, 5.74) is 0.710. The first-order valence-corrected chi connectivity index (χ1v) is 12.0. The van der Waals surface area contributed by atoms with Crippen LogP contribution < -0.4 is 4.74 Å². The quantitative estimate of drug-likeness (QED) is 0.691. The summed E-state index contributed by atoms with van der Waals surface area (Å²) in [5, 5.41) is 0. The van der Waals surface area contributed by atoms with E-state index >= 15 is 0 Å². The van der Waals surface area contributed by atoms with E-state index in [-0.39, 0.29) is 5.91 Å². The van der Waals surface area contributed by atoms with E-state index in [1.807, 2.05) is 29.2 Å². The molecule has 1 unspecified atom stereocenters. The molecule has 0 aromatic heterocycles. The van der Waals surface area contributed by atoms with Crippen molar-refractivity contribution < 1.29 is 14.3 Å². The van der Waals surface area contributed by atoms with Gasteiger partial charge in [-0.05, 0) is 62.6 Å². The lowest BCUT2D eigenvalue weighted by atomic mass is 9.86. The minimum Gasteiger partial charge on any atom is -0.493 e. The Morgan fingerprint density at radius 2 is 1.60 bits per heavy atom. The van der Waals surface area contributed by atoms with E-state index < -0.39 is 0 Å². The van der Waals surface area contributed by atoms with Crippen molar-refractivity contribution in [2.45, 2.75) is 64.2 Å². The van der Waals surface area contributed by atoms with E-state index in [9.17, 15) is 9.59 Å². The van der Waals surface area contributed by atoms with Gasteiger partial charge in [0.2, 0.25) is 5.91 Å². The molecule has 2 aliphatic heterocycles. The van der Waals surface area contributed by atoms with Crippen LogP contribution in [-0.2, 0) is 4.79 Å². The summed E-state index contributed by atoms with van der Waals surface area (Å²) in [6.45, 7) is 4.02. The van der Waals surface area contributed by atoms with Crippen LogP contribution >= 0.6 is 0 Å². The molecule has 0 N–H and O–H groups in total. The van der Waals surface area contributed by atoms with Crippen molar-refractivity contribution in [2.24, 2.45) is 11.8 Å². The predicted molar refractivity (Wildman–Crippen MR) is 118 cm³/mol. The molecule has 0 radical (unpaired) electrons. The number of rotatable bonds is 6. The summed E-state index contributed by atoms with van der Waals surface area (Å²) < 4.78 is 6.07. The van der Waals surface area contributed by atoms with Crippen LogP contribution in [0.1, 0.15) is 74.6 Å². The highest BCUT2D eigenvalue weighted by Crippen LogP contribution is 2.28. The summed E-state index contributed by atoms with van der Waals surface area (Å²) in [4.78, 5) is 29.4. The Labute approximate surface area is 180 Å². The zero-order chi connectivity index (χ0) is 20.8. The van der Waals surface area contributed by atoms with Crippen LogP contribution in [-0.4, -0.2) is 54.4 Å². The van der Waals surface area contributed by atoms with Gasteiger partial charge in [-0.25, -0.2) is 0 Å². The molecule has 1 saturated carbocycles. The van der Waals surface area contributed by atoms with Gasteiger partial charge in [0.1, 0.15) is 5.75 Å². The summed E-state index contributed by atoms with van der Waals surface area (Å²) >= 11 is 0. The van der Waals surface area contributed by atoms with E-state index in [2.05, 4.69) is 4.90 Å². The van der Waals surface area contributed by atoms with Gasteiger partial charge in [-0.2, -0.15) is 0 Å². The Morgan fingerprint density at radius 1 is 0.867 bits per heavy atom. The molecule has 1 aromatic rings. The van der Waals surface area contributed by atoms with Crippen LogP contribution in [0.25, 0.3) is 0 Å². The molecular weight excluding hydrogens is 376 g/mol. The highest BCUT2D eigenvalue weighted by molar-refractivity contribution is 5.94. The first-order valence-electron chi connectivity index (χ1n) is 12.0. The molecule has 0 spiro atoms. The molecule has 5 nitrogen and oxygen atoms in total. The molecule has 3 fully saturated rings. The number of benzene rings is 1. The molecule has 2 amide bonds. The third-order valence-corrected chi connectivity index (χ3v) is 7.02. The second-order valence-corrected chi connectivity index (χ2v) is 9.39. The van der Waals surface area contributed by atoms with Crippen LogP contribution in [0.15, 0.2) is 24.3 Å². The molecule has 0 bridgehead atoms. The number of hydrogen-bond donors (Lipinski definition) is 0. The van der Waals surface area contributed by atoms with Crippen molar-refractivity contribution in [3.8, 4) is 5.75 Å². The van der Waals surface area contributed by atoms with Crippen molar-refractivity contribution in [2.75, 3.05) is 32.8 Å². The zero-order valence-corrected chi connectivity index (χ0v) is 18.2. The number of hydrogen-bond acceptors (Lipinski definition) is 3. The van der Waals surface area contributed by atoms with E-state index in [0.717, 1.165) is 64.0 Å². The largest absolute Gasteiger partial charge is 0.493 e. The number of amides is 2. The molecule has 1 atom stereocenters. The van der Waals surface area contributed by atoms with Gasteiger partial charge in [-0.3, -0.25) is 9.59 Å². The lowest BCUT2D eigenvalue weighted by molar-refractivity contribution is -0.134. The maximum atomic E-state index is 12.8. The third-order valence-electron chi connectivity index (χ3n) is 7.02. The van der Waals surface area contributed by atoms with E-state index in [1.54, 1.807) is 0 Å². The monoisotopic (exact) mass is 412 g/mol. The van der Waals surface area contributed by atoms with Crippen molar-refractivity contribution in [3.05, 3.63) is 29.8 Å². The maximum Gasteiger partial charge on any atom is 0.253 e. The van der Waals surface area contributed by atoms with Gasteiger partial charge in [0, 0.05) is 44.1 Å². The fourth-order valence-electron chi connectivity index (χ4n) is 5.23. The minimum atomic E-state index is 0.107. The van der Waals surface area contributed by atoms with Crippen molar-refractivity contribution in [1.82, 2.24) is 9.80 Å². The highest BCUT2D eigenvalue weighted by atomic mass is 16.5. The van der Waals surface area contributed by atoms with Crippen LogP contribution in [0, 0.1) is 11.8 Å². The topological polar surface area (TPSA) is 49.9 Å². The lowest BCUT2D eigenvalue weighted by Crippen LogP contribution is -2.42. The minimum absolute atomic E-state index is 0.107. The van der Waals surface area contributed by atoms with Crippen LogP contribution in [0.5, 0.6) is 5.75 Å². The van der Waals surface area contributed by atoms with Gasteiger partial charge < -0.3 is 14.5 Å². The molecule has 3 aliphatic rings. The normalized spacial score (nSPS) is 22.9. The summed E-state index contributed by atoms with van der Waals surface area (Å²) in [5.74, 6) is 2.16. The number of carbonyl (C=O) groups is 2. The molecule has 1 aromatic carbocycles. The molecule has 30 heavy (non-hydrogen) atoms. The standard InChI is InChI=1S/C25H36N2O3/c28-24(16-20-8-2-1-3-9-20)27-15-7-10-21(18-27)19-30-23-12-6-11-22(17-23)25(29)26-13-4-5-14-26/h6,11-12,17,20-21H,1-5,7-10,13-16,18-19H2. The van der Waals surface area contributed by atoms with E-state index in [1.165, 1.54) is 32.1 Å². The molecule has 2 heterocycles.